The summed E-state index contributed by atoms with van der Waals surface area (Å²) < 4.78 is 5.69. The minimum atomic E-state index is -0.453. The molecule has 0 saturated heterocycles. The van der Waals surface area contributed by atoms with Crippen molar-refractivity contribution in [3.63, 3.8) is 0 Å². The molecular formula is C14H21BrN2O3. The summed E-state index contributed by atoms with van der Waals surface area (Å²) in [5.41, 5.74) is 8.75. The van der Waals surface area contributed by atoms with E-state index in [1.54, 1.807) is 6.07 Å². The van der Waals surface area contributed by atoms with E-state index in [1.165, 1.54) is 0 Å². The van der Waals surface area contributed by atoms with Gasteiger partial charge in [-0.1, -0.05) is 0 Å². The van der Waals surface area contributed by atoms with Crippen LogP contribution in [0.4, 0.5) is 11.4 Å². The number of carbonyl (C=O) groups excluding carboxylic acids is 1. The second-order valence-electron chi connectivity index (χ2n) is 4.33. The molecule has 0 fully saturated rings. The van der Waals surface area contributed by atoms with Crippen LogP contribution in [0.15, 0.2) is 10.5 Å². The normalized spacial score (nSPS) is 10.4. The predicted octanol–water partition coefficient (Wildman–Crippen LogP) is 2.34. The molecule has 0 atom stereocenters. The van der Waals surface area contributed by atoms with Gasteiger partial charge >= 0.3 is 5.97 Å². The first-order chi connectivity index (χ1) is 9.47. The number of anilines is 2. The number of rotatable bonds is 6. The summed E-state index contributed by atoms with van der Waals surface area (Å²) in [5, 5.41) is 8.73. The summed E-state index contributed by atoms with van der Waals surface area (Å²) >= 11 is 3.44. The second kappa shape index (κ2) is 7.50. The van der Waals surface area contributed by atoms with Crippen molar-refractivity contribution >= 4 is 33.3 Å². The number of nitrogen functional groups attached to an aromatic ring is 1. The Morgan fingerprint density at radius 1 is 1.45 bits per heavy atom. The molecule has 5 nitrogen and oxygen atoms in total. The third kappa shape index (κ3) is 3.43. The number of esters is 1. The Kier molecular flexibility index (Phi) is 6.29. The molecule has 0 saturated carbocycles. The van der Waals surface area contributed by atoms with Crippen LogP contribution in [0.1, 0.15) is 29.8 Å². The number of carbonyl (C=O) groups is 1. The molecule has 0 aromatic heterocycles. The third-order valence-electron chi connectivity index (χ3n) is 3.18. The van der Waals surface area contributed by atoms with Gasteiger partial charge < -0.3 is 20.5 Å². The maximum Gasteiger partial charge on any atom is 0.338 e. The van der Waals surface area contributed by atoms with Gasteiger partial charge in [0.25, 0.3) is 0 Å². The fourth-order valence-electron chi connectivity index (χ4n) is 2.01. The van der Waals surface area contributed by atoms with Crippen molar-refractivity contribution in [3.05, 3.63) is 21.7 Å². The maximum absolute atomic E-state index is 12.0. The Balaban J connectivity index is 3.28. The topological polar surface area (TPSA) is 75.8 Å². The first-order valence-electron chi connectivity index (χ1n) is 6.59. The largest absolute Gasteiger partial charge is 0.460 e. The van der Waals surface area contributed by atoms with Crippen LogP contribution in [0.5, 0.6) is 0 Å². The van der Waals surface area contributed by atoms with Crippen molar-refractivity contribution < 1.29 is 14.6 Å². The van der Waals surface area contributed by atoms with Gasteiger partial charge in [0, 0.05) is 17.6 Å². The predicted molar refractivity (Wildman–Crippen MR) is 84.2 cm³/mol. The Morgan fingerprint density at radius 3 is 2.55 bits per heavy atom. The molecule has 0 bridgehead atoms. The first-order valence-corrected chi connectivity index (χ1v) is 7.38. The SMILES string of the molecule is CCN(CC)c1cc(C(=O)OCCO)c(C)c(Br)c1N. The van der Waals surface area contributed by atoms with Gasteiger partial charge in [0.1, 0.15) is 6.61 Å². The van der Waals surface area contributed by atoms with E-state index < -0.39 is 5.97 Å². The van der Waals surface area contributed by atoms with Gasteiger partial charge in [0.05, 0.1) is 23.5 Å². The summed E-state index contributed by atoms with van der Waals surface area (Å²) in [6, 6.07) is 1.75. The zero-order chi connectivity index (χ0) is 15.3. The highest BCUT2D eigenvalue weighted by molar-refractivity contribution is 9.10. The lowest BCUT2D eigenvalue weighted by Crippen LogP contribution is -2.24. The Hall–Kier alpha value is -1.27. The van der Waals surface area contributed by atoms with Crippen LogP contribution in [0.2, 0.25) is 0 Å². The molecule has 1 aromatic carbocycles. The summed E-state index contributed by atoms with van der Waals surface area (Å²) in [7, 11) is 0. The lowest BCUT2D eigenvalue weighted by molar-refractivity contribution is 0.0433. The lowest BCUT2D eigenvalue weighted by atomic mass is 10.1. The highest BCUT2D eigenvalue weighted by Gasteiger charge is 2.19. The standard InChI is InChI=1S/C14H21BrN2O3/c1-4-17(5-2)11-8-10(14(19)20-7-6-18)9(3)12(15)13(11)16/h8,18H,4-7,16H2,1-3H3. The zero-order valence-corrected chi connectivity index (χ0v) is 13.7. The summed E-state index contributed by atoms with van der Waals surface area (Å²) in [6.45, 7) is 7.25. The van der Waals surface area contributed by atoms with E-state index in [9.17, 15) is 4.79 Å². The van der Waals surface area contributed by atoms with Crippen molar-refractivity contribution in [2.75, 3.05) is 36.9 Å². The van der Waals surface area contributed by atoms with Gasteiger partial charge in [0.2, 0.25) is 0 Å². The van der Waals surface area contributed by atoms with Gasteiger partial charge in [-0.05, 0) is 48.3 Å². The molecule has 0 amide bonds. The molecule has 3 N–H and O–H groups in total. The quantitative estimate of drug-likeness (QED) is 0.611. The van der Waals surface area contributed by atoms with Crippen LogP contribution in [0.25, 0.3) is 0 Å². The molecule has 0 radical (unpaired) electrons. The van der Waals surface area contributed by atoms with Crippen molar-refractivity contribution in [2.45, 2.75) is 20.8 Å². The van der Waals surface area contributed by atoms with Crippen molar-refractivity contribution in [1.82, 2.24) is 0 Å². The Morgan fingerprint density at radius 2 is 2.05 bits per heavy atom. The van der Waals surface area contributed by atoms with E-state index in [2.05, 4.69) is 20.8 Å². The fraction of sp³-hybridized carbons (Fsp3) is 0.500. The number of nitrogens with zero attached hydrogens (tertiary/aromatic N) is 1. The van der Waals surface area contributed by atoms with Crippen LogP contribution in [-0.2, 0) is 4.74 Å². The van der Waals surface area contributed by atoms with Crippen LogP contribution in [-0.4, -0.2) is 37.4 Å². The second-order valence-corrected chi connectivity index (χ2v) is 5.12. The number of hydrogen-bond donors (Lipinski definition) is 2. The van der Waals surface area contributed by atoms with E-state index >= 15 is 0 Å². The van der Waals surface area contributed by atoms with Crippen molar-refractivity contribution in [2.24, 2.45) is 0 Å². The number of benzene rings is 1. The molecule has 0 aliphatic rings. The molecule has 0 aliphatic heterocycles. The molecule has 0 heterocycles. The van der Waals surface area contributed by atoms with Gasteiger partial charge in [0.15, 0.2) is 0 Å². The molecule has 112 valence electrons. The van der Waals surface area contributed by atoms with Crippen molar-refractivity contribution in [1.29, 1.82) is 0 Å². The number of hydrogen-bond acceptors (Lipinski definition) is 5. The maximum atomic E-state index is 12.0. The Labute approximate surface area is 127 Å². The summed E-state index contributed by atoms with van der Waals surface area (Å²) in [6.07, 6.45) is 0. The van der Waals surface area contributed by atoms with Crippen LogP contribution < -0.4 is 10.6 Å². The minimum absolute atomic E-state index is 0.0130. The molecule has 0 spiro atoms. The molecule has 0 unspecified atom stereocenters. The summed E-state index contributed by atoms with van der Waals surface area (Å²) in [4.78, 5) is 14.1. The van der Waals surface area contributed by atoms with Gasteiger partial charge in [-0.2, -0.15) is 0 Å². The van der Waals surface area contributed by atoms with E-state index in [0.717, 1.165) is 24.3 Å². The van der Waals surface area contributed by atoms with Gasteiger partial charge in [-0.3, -0.25) is 0 Å². The van der Waals surface area contributed by atoms with Gasteiger partial charge in [-0.15, -0.1) is 0 Å². The number of aliphatic hydroxyl groups excluding tert-OH is 1. The smallest absolute Gasteiger partial charge is 0.338 e. The summed E-state index contributed by atoms with van der Waals surface area (Å²) in [5.74, 6) is -0.453. The average Bonchev–Trinajstić information content (AvgIpc) is 2.45. The molecule has 20 heavy (non-hydrogen) atoms. The van der Waals surface area contributed by atoms with E-state index in [0.29, 0.717) is 15.7 Å². The van der Waals surface area contributed by atoms with E-state index in [1.807, 2.05) is 20.8 Å². The highest BCUT2D eigenvalue weighted by Crippen LogP contribution is 2.36. The third-order valence-corrected chi connectivity index (χ3v) is 4.20. The van der Waals surface area contributed by atoms with Crippen LogP contribution in [0.3, 0.4) is 0 Å². The average molecular weight is 345 g/mol. The molecule has 1 aromatic rings. The Bertz CT molecular complexity index is 488. The minimum Gasteiger partial charge on any atom is -0.460 e. The van der Waals surface area contributed by atoms with E-state index in [-0.39, 0.29) is 13.2 Å². The fourth-order valence-corrected chi connectivity index (χ4v) is 2.43. The molecule has 6 heteroatoms. The monoisotopic (exact) mass is 344 g/mol. The molecular weight excluding hydrogens is 324 g/mol. The molecule has 0 aliphatic carbocycles. The number of nitrogens with two attached hydrogens (primary N) is 1. The molecule has 1 rings (SSSR count). The number of halogens is 1. The highest BCUT2D eigenvalue weighted by atomic mass is 79.9. The number of aliphatic hydroxyl groups is 1. The van der Waals surface area contributed by atoms with E-state index in [4.69, 9.17) is 15.6 Å². The zero-order valence-electron chi connectivity index (χ0n) is 12.1. The number of ether oxygens (including phenoxy) is 1. The first kappa shape index (κ1) is 16.8. The van der Waals surface area contributed by atoms with Crippen LogP contribution >= 0.6 is 15.9 Å². The van der Waals surface area contributed by atoms with Gasteiger partial charge in [-0.25, -0.2) is 4.79 Å². The lowest BCUT2D eigenvalue weighted by Gasteiger charge is -2.25. The van der Waals surface area contributed by atoms with Crippen LogP contribution in [0, 0.1) is 6.92 Å². The van der Waals surface area contributed by atoms with Crippen molar-refractivity contribution in [3.8, 4) is 0 Å².